The fourth-order valence-electron chi connectivity index (χ4n) is 8.30. The normalized spacial score (nSPS) is 28.6. The van der Waals surface area contributed by atoms with E-state index in [-0.39, 0.29) is 28.7 Å². The zero-order valence-corrected chi connectivity index (χ0v) is 25.7. The van der Waals surface area contributed by atoms with Crippen LogP contribution < -0.4 is 14.4 Å². The summed E-state index contributed by atoms with van der Waals surface area (Å²) in [7, 11) is 1.51. The molecule has 0 N–H and O–H groups in total. The van der Waals surface area contributed by atoms with Gasteiger partial charge >= 0.3 is 5.97 Å². The maximum Gasteiger partial charge on any atom is 0.317 e. The zero-order chi connectivity index (χ0) is 30.4. The number of rotatable bonds is 7. The Bertz CT molecular complexity index is 1480. The molecule has 2 heterocycles. The van der Waals surface area contributed by atoms with Crippen LogP contribution in [0.1, 0.15) is 44.1 Å². The molecule has 2 aromatic carbocycles. The highest BCUT2D eigenvalue weighted by molar-refractivity contribution is 8.18. The first-order valence-electron chi connectivity index (χ1n) is 15.5. The van der Waals surface area contributed by atoms with E-state index in [9.17, 15) is 19.2 Å². The second-order valence-corrected chi connectivity index (χ2v) is 14.0. The van der Waals surface area contributed by atoms with Gasteiger partial charge in [-0.05, 0) is 104 Å². The topological polar surface area (TPSA) is 96.5 Å². The van der Waals surface area contributed by atoms with Crippen LogP contribution in [0.15, 0.2) is 53.4 Å². The van der Waals surface area contributed by atoms with Crippen LogP contribution in [-0.2, 0) is 14.4 Å². The Morgan fingerprint density at radius 2 is 1.57 bits per heavy atom. The van der Waals surface area contributed by atoms with E-state index >= 15 is 0 Å². The first kappa shape index (κ1) is 29.0. The smallest absolute Gasteiger partial charge is 0.317 e. The fraction of sp³-hybridized carbons (Fsp3) is 0.471. The number of hydrogen-bond donors (Lipinski definition) is 0. The van der Waals surface area contributed by atoms with Gasteiger partial charge in [-0.3, -0.25) is 24.1 Å². The number of hydrogen-bond acceptors (Lipinski definition) is 8. The highest BCUT2D eigenvalue weighted by Crippen LogP contribution is 2.60. The van der Waals surface area contributed by atoms with Crippen LogP contribution in [0.3, 0.4) is 0 Å². The summed E-state index contributed by atoms with van der Waals surface area (Å²) in [6.45, 7) is 2.15. The molecule has 6 aliphatic rings. The summed E-state index contributed by atoms with van der Waals surface area (Å²) in [6.07, 6.45) is 8.10. The number of anilines is 1. The van der Waals surface area contributed by atoms with E-state index in [2.05, 4.69) is 4.90 Å². The minimum absolute atomic E-state index is 0.157. The standard InChI is InChI=1S/C34H37N3O6S/c1-42-28-16-22(7-8-27(28)43-32(40)34-18-23-13-24(19-34)15-25(14-23)20-34)17-29-31(39)37(33(41)44-29)21-30(38)36-11-9-35(10-12-36)26-5-3-2-4-6-26/h2-8,16-17,23-25H,9-15,18-21H2,1H3/b29-17-. The molecule has 0 radical (unpaired) electrons. The van der Waals surface area contributed by atoms with Gasteiger partial charge in [0.05, 0.1) is 17.4 Å². The van der Waals surface area contributed by atoms with Crippen molar-refractivity contribution in [1.82, 2.24) is 9.80 Å². The third kappa shape index (κ3) is 5.49. The van der Waals surface area contributed by atoms with Crippen molar-refractivity contribution >= 4 is 46.5 Å². The number of methoxy groups -OCH3 is 1. The maximum atomic E-state index is 13.5. The molecule has 2 saturated heterocycles. The summed E-state index contributed by atoms with van der Waals surface area (Å²) in [4.78, 5) is 57.6. The SMILES string of the molecule is COc1cc(/C=C2\SC(=O)N(CC(=O)N3CCN(c4ccccc4)CC3)C2=O)ccc1OC(=O)C12CC3CC(CC(C3)C1)C2. The second kappa shape index (κ2) is 11.6. The summed E-state index contributed by atoms with van der Waals surface area (Å²) < 4.78 is 11.5. The first-order valence-corrected chi connectivity index (χ1v) is 16.4. The average Bonchev–Trinajstić information content (AvgIpc) is 3.28. The molecule has 3 amide bonds. The van der Waals surface area contributed by atoms with E-state index in [1.807, 2.05) is 30.3 Å². The predicted molar refractivity (Wildman–Crippen MR) is 167 cm³/mol. The number of carbonyl (C=O) groups excluding carboxylic acids is 4. The van der Waals surface area contributed by atoms with E-state index in [0.29, 0.717) is 61.0 Å². The van der Waals surface area contributed by atoms with Gasteiger partial charge in [-0.25, -0.2) is 0 Å². The van der Waals surface area contributed by atoms with Gasteiger partial charge in [0.1, 0.15) is 6.54 Å². The molecular formula is C34H37N3O6S. The molecule has 230 valence electrons. The third-order valence-corrected chi connectivity index (χ3v) is 11.0. The number of thioether (sulfide) groups is 1. The Hall–Kier alpha value is -3.79. The van der Waals surface area contributed by atoms with E-state index in [4.69, 9.17) is 9.47 Å². The lowest BCUT2D eigenvalue weighted by atomic mass is 9.49. The number of para-hydroxylation sites is 1. The van der Waals surface area contributed by atoms with Crippen molar-refractivity contribution < 1.29 is 28.7 Å². The van der Waals surface area contributed by atoms with Gasteiger partial charge in [0.25, 0.3) is 11.1 Å². The summed E-state index contributed by atoms with van der Waals surface area (Å²) in [5, 5.41) is -0.467. The zero-order valence-electron chi connectivity index (χ0n) is 24.9. The molecule has 0 atom stereocenters. The molecule has 4 saturated carbocycles. The predicted octanol–water partition coefficient (Wildman–Crippen LogP) is 5.20. The Labute approximate surface area is 261 Å². The van der Waals surface area contributed by atoms with Gasteiger partial charge in [-0.2, -0.15) is 0 Å². The van der Waals surface area contributed by atoms with Crippen molar-refractivity contribution in [3.05, 3.63) is 59.0 Å². The lowest BCUT2D eigenvalue weighted by Gasteiger charge is -2.55. The molecule has 2 aromatic rings. The number of amides is 3. The van der Waals surface area contributed by atoms with Crippen molar-refractivity contribution in [2.45, 2.75) is 38.5 Å². The minimum Gasteiger partial charge on any atom is -0.493 e. The molecule has 4 aliphatic carbocycles. The fourth-order valence-corrected chi connectivity index (χ4v) is 9.14. The number of piperazine rings is 1. The molecule has 44 heavy (non-hydrogen) atoms. The van der Waals surface area contributed by atoms with Crippen molar-refractivity contribution in [1.29, 1.82) is 0 Å². The molecule has 0 unspecified atom stereocenters. The number of esters is 1. The van der Waals surface area contributed by atoms with Gasteiger partial charge in [-0.1, -0.05) is 24.3 Å². The lowest BCUT2D eigenvalue weighted by Crippen LogP contribution is -2.51. The molecule has 2 aliphatic heterocycles. The van der Waals surface area contributed by atoms with Gasteiger partial charge in [0, 0.05) is 31.9 Å². The number of imide groups is 1. The van der Waals surface area contributed by atoms with E-state index < -0.39 is 11.1 Å². The molecule has 0 spiro atoms. The first-order chi connectivity index (χ1) is 21.3. The minimum atomic E-state index is -0.493. The average molecular weight is 616 g/mol. The number of nitrogens with zero attached hydrogens (tertiary/aromatic N) is 3. The number of benzene rings is 2. The Morgan fingerprint density at radius 1 is 0.909 bits per heavy atom. The Balaban J connectivity index is 0.983. The molecule has 4 bridgehead atoms. The quantitative estimate of drug-likeness (QED) is 0.238. The molecule has 6 fully saturated rings. The molecular weight excluding hydrogens is 578 g/mol. The molecule has 0 aromatic heterocycles. The van der Waals surface area contributed by atoms with E-state index in [1.165, 1.54) is 26.4 Å². The lowest BCUT2D eigenvalue weighted by molar-refractivity contribution is -0.161. The highest BCUT2D eigenvalue weighted by Gasteiger charge is 2.55. The van der Waals surface area contributed by atoms with Crippen LogP contribution in [0.25, 0.3) is 6.08 Å². The van der Waals surface area contributed by atoms with E-state index in [1.54, 1.807) is 29.2 Å². The summed E-state index contributed by atoms with van der Waals surface area (Å²) in [5.41, 5.74) is 1.36. The Morgan fingerprint density at radius 3 is 2.20 bits per heavy atom. The van der Waals surface area contributed by atoms with Gasteiger partial charge in [0.2, 0.25) is 5.91 Å². The van der Waals surface area contributed by atoms with Crippen LogP contribution in [0.5, 0.6) is 11.5 Å². The van der Waals surface area contributed by atoms with Crippen LogP contribution in [0.4, 0.5) is 10.5 Å². The van der Waals surface area contributed by atoms with Crippen molar-refractivity contribution in [2.24, 2.45) is 23.2 Å². The van der Waals surface area contributed by atoms with Crippen molar-refractivity contribution in [3.8, 4) is 11.5 Å². The number of carbonyl (C=O) groups is 4. The molecule has 8 rings (SSSR count). The summed E-state index contributed by atoms with van der Waals surface area (Å²) >= 11 is 0.817. The largest absolute Gasteiger partial charge is 0.493 e. The number of ether oxygens (including phenoxy) is 2. The van der Waals surface area contributed by atoms with Gasteiger partial charge in [0.15, 0.2) is 11.5 Å². The van der Waals surface area contributed by atoms with Gasteiger partial charge in [-0.15, -0.1) is 0 Å². The third-order valence-electron chi connectivity index (χ3n) is 10.1. The van der Waals surface area contributed by atoms with Crippen LogP contribution in [0, 0.1) is 23.2 Å². The van der Waals surface area contributed by atoms with Crippen molar-refractivity contribution in [2.75, 3.05) is 44.7 Å². The summed E-state index contributed by atoms with van der Waals surface area (Å²) in [6, 6.07) is 15.2. The Kier molecular flexibility index (Phi) is 7.64. The monoisotopic (exact) mass is 615 g/mol. The van der Waals surface area contributed by atoms with E-state index in [0.717, 1.165) is 41.6 Å². The molecule has 10 heteroatoms. The maximum absolute atomic E-state index is 13.5. The highest BCUT2D eigenvalue weighted by atomic mass is 32.2. The molecule has 9 nitrogen and oxygen atoms in total. The van der Waals surface area contributed by atoms with Crippen LogP contribution in [0.2, 0.25) is 0 Å². The summed E-state index contributed by atoms with van der Waals surface area (Å²) in [5.74, 6) is 1.75. The van der Waals surface area contributed by atoms with Crippen LogP contribution >= 0.6 is 11.8 Å². The second-order valence-electron chi connectivity index (χ2n) is 13.0. The van der Waals surface area contributed by atoms with Crippen LogP contribution in [-0.4, -0.2) is 72.7 Å². The van der Waals surface area contributed by atoms with Crippen molar-refractivity contribution in [3.63, 3.8) is 0 Å². The van der Waals surface area contributed by atoms with Gasteiger partial charge < -0.3 is 19.3 Å².